The molecule has 3 aromatic carbocycles. The molecule has 5 aromatic rings. The minimum Gasteiger partial charge on any atom is -0.512 e. The van der Waals surface area contributed by atoms with Gasteiger partial charge in [0.15, 0.2) is 5.78 Å². The fourth-order valence-corrected chi connectivity index (χ4v) is 19.2. The molecule has 0 aliphatic rings. The molecule has 0 spiro atoms. The first-order valence-corrected chi connectivity index (χ1v) is 26.0. The molecule has 0 bridgehead atoms. The van der Waals surface area contributed by atoms with Gasteiger partial charge in [0.1, 0.15) is 6.33 Å². The van der Waals surface area contributed by atoms with Crippen LogP contribution < -0.4 is 5.19 Å². The normalized spacial score (nSPS) is 13.1. The standard InChI is InChI=1S/C36H45N2SSi.C17H32O2.Ir/c1-23(2)19-40(20-24(3)4,21-25(5)6)31-16-12-15-29-33-35(39-34(29)31)32(37-22-38-33)27-17-26-13-10-11-14-28(26)30(18-27)36(7,8)9;1-10(2)16(11(3)4)14(18)9-15(19)17(12(5)6)13(7)8;/h10-16,18,22-25H,19-21H2,1-9H3;9-13,16-18H,1-8H3;/q-1;;/b;14-9-;. The summed E-state index contributed by atoms with van der Waals surface area (Å²) in [6, 6.07) is 25.8. The number of aliphatic hydroxyl groups is 1. The van der Waals surface area contributed by atoms with E-state index in [1.54, 1.807) is 11.5 Å². The first-order valence-electron chi connectivity index (χ1n) is 22.6. The van der Waals surface area contributed by atoms with Crippen LogP contribution in [0.3, 0.4) is 0 Å². The maximum absolute atomic E-state index is 12.3. The van der Waals surface area contributed by atoms with Crippen molar-refractivity contribution in [1.82, 2.24) is 9.97 Å². The number of rotatable bonds is 15. The van der Waals surface area contributed by atoms with E-state index in [2.05, 4.69) is 172 Å². The Morgan fingerprint density at radius 2 is 1.23 bits per heavy atom. The fourth-order valence-electron chi connectivity index (χ4n) is 10.3. The van der Waals surface area contributed by atoms with Crippen LogP contribution in [0.25, 0.3) is 42.3 Å². The summed E-state index contributed by atoms with van der Waals surface area (Å²) in [7, 11) is -1.80. The van der Waals surface area contributed by atoms with Crippen LogP contribution in [0.2, 0.25) is 18.1 Å². The van der Waals surface area contributed by atoms with E-state index in [0.29, 0.717) is 41.4 Å². The number of hydrogen-bond acceptors (Lipinski definition) is 5. The molecule has 0 atom stereocenters. The van der Waals surface area contributed by atoms with Gasteiger partial charge in [0.25, 0.3) is 0 Å². The second-order valence-corrected chi connectivity index (χ2v) is 26.5. The third kappa shape index (κ3) is 12.3. The van der Waals surface area contributed by atoms with E-state index in [-0.39, 0.29) is 48.9 Å². The Balaban J connectivity index is 0.000000409. The van der Waals surface area contributed by atoms with Gasteiger partial charge in [-0.2, -0.15) is 0 Å². The average Bonchev–Trinajstić information content (AvgIpc) is 3.48. The largest absolute Gasteiger partial charge is 0.512 e. The van der Waals surface area contributed by atoms with Crippen LogP contribution in [-0.4, -0.2) is 28.9 Å². The van der Waals surface area contributed by atoms with Crippen LogP contribution in [0.4, 0.5) is 0 Å². The molecule has 0 unspecified atom stereocenters. The van der Waals surface area contributed by atoms with Crippen molar-refractivity contribution in [3.63, 3.8) is 0 Å². The van der Waals surface area contributed by atoms with E-state index in [0.717, 1.165) is 22.2 Å². The predicted molar refractivity (Wildman–Crippen MR) is 262 cm³/mol. The minimum absolute atomic E-state index is 0. The van der Waals surface area contributed by atoms with Crippen molar-refractivity contribution < 1.29 is 30.0 Å². The van der Waals surface area contributed by atoms with Gasteiger partial charge in [-0.3, -0.25) is 9.78 Å². The van der Waals surface area contributed by atoms with Crippen molar-refractivity contribution in [1.29, 1.82) is 0 Å². The Labute approximate surface area is 383 Å². The molecule has 0 aliphatic heterocycles. The number of nitrogens with zero attached hydrogens (tertiary/aromatic N) is 2. The zero-order valence-corrected chi connectivity index (χ0v) is 44.3. The summed E-state index contributed by atoms with van der Waals surface area (Å²) in [5.41, 5.74) is 4.52. The van der Waals surface area contributed by atoms with E-state index in [4.69, 9.17) is 9.97 Å². The predicted octanol–water partition coefficient (Wildman–Crippen LogP) is 15.2. The second-order valence-electron chi connectivity index (χ2n) is 21.2. The number of hydrogen-bond donors (Lipinski definition) is 1. The van der Waals surface area contributed by atoms with Gasteiger partial charge in [-0.25, -0.2) is 4.98 Å². The smallest absolute Gasteiger partial charge is 0.162 e. The zero-order valence-electron chi connectivity index (χ0n) is 40.1. The van der Waals surface area contributed by atoms with E-state index >= 15 is 0 Å². The number of aromatic nitrogens is 2. The van der Waals surface area contributed by atoms with Gasteiger partial charge in [-0.1, -0.05) is 183 Å². The summed E-state index contributed by atoms with van der Waals surface area (Å²) >= 11 is 1.93. The van der Waals surface area contributed by atoms with E-state index < -0.39 is 8.07 Å². The van der Waals surface area contributed by atoms with Crippen molar-refractivity contribution in [2.75, 3.05) is 0 Å². The van der Waals surface area contributed by atoms with Crippen LogP contribution >= 0.6 is 11.3 Å². The number of fused-ring (bicyclic) bond motifs is 4. The van der Waals surface area contributed by atoms with E-state index in [9.17, 15) is 9.90 Å². The molecule has 1 N–H and O–H groups in total. The van der Waals surface area contributed by atoms with Crippen LogP contribution in [0, 0.1) is 59.3 Å². The molecular weight excluding hydrogens is 949 g/mol. The maximum atomic E-state index is 12.3. The van der Waals surface area contributed by atoms with Gasteiger partial charge in [-0.15, -0.1) is 40.5 Å². The fraction of sp³-hybridized carbons (Fsp3) is 0.566. The number of ketones is 1. The summed E-state index contributed by atoms with van der Waals surface area (Å²) < 4.78 is 2.64. The molecule has 60 heavy (non-hydrogen) atoms. The Hall–Kier alpha value is -2.70. The molecule has 7 heteroatoms. The molecule has 4 nitrogen and oxygen atoms in total. The van der Waals surface area contributed by atoms with Crippen molar-refractivity contribution >= 4 is 61.5 Å². The van der Waals surface area contributed by atoms with E-state index in [1.165, 1.54) is 49.9 Å². The molecule has 2 aromatic heterocycles. The summed E-state index contributed by atoms with van der Waals surface area (Å²) in [5, 5.41) is 15.6. The summed E-state index contributed by atoms with van der Waals surface area (Å²) in [6.45, 7) is 38.0. The Morgan fingerprint density at radius 1 is 0.717 bits per heavy atom. The number of allylic oxidation sites excluding steroid dienone is 2. The Bertz CT molecular complexity index is 2170. The van der Waals surface area contributed by atoms with Gasteiger partial charge < -0.3 is 5.11 Å². The molecule has 0 saturated heterocycles. The second kappa shape index (κ2) is 21.6. The number of aliphatic hydroxyl groups excluding tert-OH is 1. The third-order valence-corrected chi connectivity index (χ3v) is 19.7. The first-order chi connectivity index (χ1) is 27.5. The van der Waals surface area contributed by atoms with Gasteiger partial charge >= 0.3 is 0 Å². The molecule has 2 heterocycles. The SMILES string of the molecule is CC(C)C(C(=O)/C=C(\O)C(C(C)C)C(C)C)C(C)C.CC(C)C[Si](CC(C)C)(CC(C)C)c1cccc2c1sc1c(-c3[c-]c4ccccc4c(C(C)(C)C)c3)ncnc12.[Ir]. The number of carbonyl (C=O) groups excluding carboxylic acids is 1. The summed E-state index contributed by atoms with van der Waals surface area (Å²) in [6.07, 6.45) is 3.24. The molecule has 0 fully saturated rings. The number of benzene rings is 3. The van der Waals surface area contributed by atoms with Gasteiger partial charge in [0.05, 0.1) is 19.3 Å². The van der Waals surface area contributed by atoms with Crippen molar-refractivity contribution in [2.24, 2.45) is 53.3 Å². The zero-order chi connectivity index (χ0) is 44.1. The molecule has 5 rings (SSSR count). The topological polar surface area (TPSA) is 63.1 Å². The molecule has 1 radical (unpaired) electrons. The van der Waals surface area contributed by atoms with Crippen LogP contribution in [-0.2, 0) is 30.3 Å². The molecule has 0 amide bonds. The number of thiophene rings is 1. The monoisotopic (exact) mass is 1030 g/mol. The summed E-state index contributed by atoms with van der Waals surface area (Å²) in [4.78, 5) is 22.2. The van der Waals surface area contributed by atoms with Gasteiger partial charge in [-0.05, 0) is 52.0 Å². The van der Waals surface area contributed by atoms with Gasteiger partial charge in [0, 0.05) is 58.5 Å². The van der Waals surface area contributed by atoms with E-state index in [1.807, 2.05) is 11.3 Å². The van der Waals surface area contributed by atoms with Crippen molar-refractivity contribution in [3.8, 4) is 11.3 Å². The Kier molecular flexibility index (Phi) is 18.6. The summed E-state index contributed by atoms with van der Waals surface area (Å²) in [5.74, 6) is 3.69. The van der Waals surface area contributed by atoms with Crippen LogP contribution in [0.1, 0.15) is 123 Å². The number of carbonyl (C=O) groups is 1. The Morgan fingerprint density at radius 3 is 1.73 bits per heavy atom. The average molecular weight is 1030 g/mol. The van der Waals surface area contributed by atoms with Gasteiger partial charge in [0.2, 0.25) is 0 Å². The molecular formula is C53H77IrN2O2SSi-. The van der Waals surface area contributed by atoms with Crippen LogP contribution in [0.5, 0.6) is 0 Å². The van der Waals surface area contributed by atoms with Crippen LogP contribution in [0.15, 0.2) is 66.7 Å². The third-order valence-electron chi connectivity index (χ3n) is 11.9. The first kappa shape index (κ1) is 51.6. The molecule has 0 saturated carbocycles. The quantitative estimate of drug-likeness (QED) is 0.0491. The molecule has 0 aliphatic carbocycles. The maximum Gasteiger partial charge on any atom is 0.162 e. The molecule has 331 valence electrons. The van der Waals surface area contributed by atoms with Crippen molar-refractivity contribution in [3.05, 3.63) is 78.3 Å². The van der Waals surface area contributed by atoms with Crippen molar-refractivity contribution in [2.45, 2.75) is 141 Å². The minimum atomic E-state index is -1.80.